The number of carbonyl (C=O) groups is 1. The maximum Gasteiger partial charge on any atom is 0.265 e. The smallest absolute Gasteiger partial charge is 0.265 e. The van der Waals surface area contributed by atoms with Gasteiger partial charge in [-0.3, -0.25) is 4.79 Å². The molecule has 1 atom stereocenters. The van der Waals surface area contributed by atoms with Gasteiger partial charge in [-0.05, 0) is 42.8 Å². The molecule has 0 saturated carbocycles. The molecule has 2 aromatic rings. The quantitative estimate of drug-likeness (QED) is 0.687. The van der Waals surface area contributed by atoms with Gasteiger partial charge in [0.25, 0.3) is 5.91 Å². The number of amides is 1. The molecule has 2 aromatic carbocycles. The van der Waals surface area contributed by atoms with Crippen LogP contribution in [0.3, 0.4) is 0 Å². The fraction of sp³-hybridized carbons (Fsp3) is 0.350. The molecular weight excluding hydrogens is 383 g/mol. The van der Waals surface area contributed by atoms with Crippen molar-refractivity contribution in [2.45, 2.75) is 38.2 Å². The van der Waals surface area contributed by atoms with Crippen LogP contribution >= 0.6 is 0 Å². The lowest BCUT2D eigenvalue weighted by Gasteiger charge is -2.19. The van der Waals surface area contributed by atoms with E-state index in [1.165, 1.54) is 46.8 Å². The summed E-state index contributed by atoms with van der Waals surface area (Å²) in [4.78, 5) is 12.6. The van der Waals surface area contributed by atoms with Gasteiger partial charge in [0.15, 0.2) is 17.7 Å². The molecule has 0 heterocycles. The van der Waals surface area contributed by atoms with Crippen LogP contribution in [0.1, 0.15) is 27.2 Å². The lowest BCUT2D eigenvalue weighted by Crippen LogP contribution is -2.32. The van der Waals surface area contributed by atoms with E-state index in [2.05, 4.69) is 5.32 Å². The van der Waals surface area contributed by atoms with Crippen LogP contribution in [0.4, 0.5) is 10.1 Å². The second-order valence-electron chi connectivity index (χ2n) is 6.05. The normalized spacial score (nSPS) is 12.6. The Hall–Kier alpha value is -2.45. The Bertz CT molecular complexity index is 897. The van der Waals surface area contributed by atoms with Crippen LogP contribution in [-0.2, 0) is 14.8 Å². The first-order chi connectivity index (χ1) is 13.3. The van der Waals surface area contributed by atoms with Crippen molar-refractivity contribution in [1.82, 2.24) is 4.31 Å². The van der Waals surface area contributed by atoms with Crippen molar-refractivity contribution in [1.29, 1.82) is 0 Å². The average Bonchev–Trinajstić information content (AvgIpc) is 2.68. The van der Waals surface area contributed by atoms with Crippen molar-refractivity contribution >= 4 is 21.6 Å². The number of ether oxygens (including phenoxy) is 1. The van der Waals surface area contributed by atoms with Gasteiger partial charge in [0.1, 0.15) is 0 Å². The number of nitrogens with zero attached hydrogens (tertiary/aromatic N) is 1. The molecule has 152 valence electrons. The molecule has 1 amide bonds. The van der Waals surface area contributed by atoms with Crippen LogP contribution in [0, 0.1) is 5.82 Å². The number of halogens is 1. The van der Waals surface area contributed by atoms with Gasteiger partial charge in [-0.2, -0.15) is 4.31 Å². The molecule has 1 N–H and O–H groups in total. The maximum absolute atomic E-state index is 13.7. The van der Waals surface area contributed by atoms with Gasteiger partial charge in [0.2, 0.25) is 10.0 Å². The van der Waals surface area contributed by atoms with E-state index in [-0.39, 0.29) is 10.6 Å². The molecule has 1 unspecified atom stereocenters. The van der Waals surface area contributed by atoms with Crippen molar-refractivity contribution in [2.75, 3.05) is 18.4 Å². The van der Waals surface area contributed by atoms with E-state index >= 15 is 0 Å². The van der Waals surface area contributed by atoms with Gasteiger partial charge >= 0.3 is 0 Å². The summed E-state index contributed by atoms with van der Waals surface area (Å²) in [5.41, 5.74) is 0.430. The Morgan fingerprint density at radius 3 is 2.21 bits per heavy atom. The Morgan fingerprint density at radius 2 is 1.68 bits per heavy atom. The highest BCUT2D eigenvalue weighted by atomic mass is 32.2. The van der Waals surface area contributed by atoms with Crippen LogP contribution in [0.15, 0.2) is 53.4 Å². The number of nitrogens with one attached hydrogen (secondary N) is 1. The Kier molecular flexibility index (Phi) is 7.53. The summed E-state index contributed by atoms with van der Waals surface area (Å²) in [6.07, 6.45) is -0.537. The molecule has 0 radical (unpaired) electrons. The third-order valence-corrected chi connectivity index (χ3v) is 6.30. The molecule has 0 aromatic heterocycles. The maximum atomic E-state index is 13.7. The number of sulfonamides is 1. The summed E-state index contributed by atoms with van der Waals surface area (Å²) in [5.74, 6) is -0.977. The van der Waals surface area contributed by atoms with E-state index in [1.54, 1.807) is 26.8 Å². The highest BCUT2D eigenvalue weighted by Gasteiger charge is 2.23. The molecule has 0 aliphatic rings. The molecule has 0 aliphatic carbocycles. The van der Waals surface area contributed by atoms with Crippen LogP contribution in [0.2, 0.25) is 0 Å². The number of hydrogen-bond acceptors (Lipinski definition) is 4. The predicted octanol–water partition coefficient (Wildman–Crippen LogP) is 3.65. The standard InChI is InChI=1S/C20H25FN2O4S/c1-4-18(27-19-10-8-7-9-17(19)21)20(24)22-15-11-13-16(14-12-15)28(25,26)23(5-2)6-3/h7-14,18H,4-6H2,1-3H3,(H,22,24). The van der Waals surface area contributed by atoms with E-state index in [0.29, 0.717) is 25.2 Å². The van der Waals surface area contributed by atoms with E-state index < -0.39 is 27.9 Å². The predicted molar refractivity (Wildman–Crippen MR) is 106 cm³/mol. The molecular formula is C20H25FN2O4S. The number of carbonyl (C=O) groups excluding carboxylic acids is 1. The second kappa shape index (κ2) is 9.66. The molecule has 0 fully saturated rings. The summed E-state index contributed by atoms with van der Waals surface area (Å²) in [7, 11) is -3.56. The van der Waals surface area contributed by atoms with Crippen molar-refractivity contribution in [3.05, 3.63) is 54.3 Å². The first-order valence-corrected chi connectivity index (χ1v) is 10.6. The molecule has 8 heteroatoms. The zero-order valence-electron chi connectivity index (χ0n) is 16.2. The second-order valence-corrected chi connectivity index (χ2v) is 7.99. The Morgan fingerprint density at radius 1 is 1.07 bits per heavy atom. The SMILES string of the molecule is CCC(Oc1ccccc1F)C(=O)Nc1ccc(S(=O)(=O)N(CC)CC)cc1. The van der Waals surface area contributed by atoms with Gasteiger partial charge in [-0.25, -0.2) is 12.8 Å². The molecule has 28 heavy (non-hydrogen) atoms. The summed E-state index contributed by atoms with van der Waals surface area (Å²) in [6, 6.07) is 11.8. The zero-order valence-corrected chi connectivity index (χ0v) is 17.0. The van der Waals surface area contributed by atoms with Crippen molar-refractivity contribution in [2.24, 2.45) is 0 Å². The topological polar surface area (TPSA) is 75.7 Å². The number of hydrogen-bond donors (Lipinski definition) is 1. The van der Waals surface area contributed by atoms with E-state index in [1.807, 2.05) is 0 Å². The molecule has 0 spiro atoms. The van der Waals surface area contributed by atoms with E-state index in [4.69, 9.17) is 4.74 Å². The van der Waals surface area contributed by atoms with E-state index in [9.17, 15) is 17.6 Å². The van der Waals surface area contributed by atoms with Crippen molar-refractivity contribution < 1.29 is 22.3 Å². The number of anilines is 1. The molecule has 2 rings (SSSR count). The largest absolute Gasteiger partial charge is 0.478 e. The van der Waals surface area contributed by atoms with Gasteiger partial charge in [-0.15, -0.1) is 0 Å². The third-order valence-electron chi connectivity index (χ3n) is 4.23. The summed E-state index contributed by atoms with van der Waals surface area (Å²) in [5, 5.41) is 2.67. The van der Waals surface area contributed by atoms with Gasteiger partial charge < -0.3 is 10.1 Å². The van der Waals surface area contributed by atoms with Crippen LogP contribution in [-0.4, -0.2) is 37.8 Å². The molecule has 0 aliphatic heterocycles. The van der Waals surface area contributed by atoms with Crippen LogP contribution < -0.4 is 10.1 Å². The first kappa shape index (κ1) is 21.8. The number of para-hydroxylation sites is 1. The lowest BCUT2D eigenvalue weighted by molar-refractivity contribution is -0.122. The minimum Gasteiger partial charge on any atom is -0.478 e. The lowest BCUT2D eigenvalue weighted by atomic mass is 10.2. The average molecular weight is 408 g/mol. The van der Waals surface area contributed by atoms with Crippen LogP contribution in [0.25, 0.3) is 0 Å². The molecule has 0 bridgehead atoms. The molecule has 0 saturated heterocycles. The first-order valence-electron chi connectivity index (χ1n) is 9.15. The number of rotatable bonds is 9. The highest BCUT2D eigenvalue weighted by Crippen LogP contribution is 2.21. The van der Waals surface area contributed by atoms with Crippen LogP contribution in [0.5, 0.6) is 5.75 Å². The number of benzene rings is 2. The van der Waals surface area contributed by atoms with Crippen molar-refractivity contribution in [3.8, 4) is 5.75 Å². The highest BCUT2D eigenvalue weighted by molar-refractivity contribution is 7.89. The summed E-state index contributed by atoms with van der Waals surface area (Å²) < 4.78 is 45.6. The third kappa shape index (κ3) is 5.08. The minimum atomic E-state index is -3.56. The Balaban J connectivity index is 2.10. The minimum absolute atomic E-state index is 0.00478. The fourth-order valence-corrected chi connectivity index (χ4v) is 4.12. The van der Waals surface area contributed by atoms with Crippen molar-refractivity contribution in [3.63, 3.8) is 0 Å². The summed E-state index contributed by atoms with van der Waals surface area (Å²) >= 11 is 0. The Labute approximate surface area is 165 Å². The molecule has 6 nitrogen and oxygen atoms in total. The van der Waals surface area contributed by atoms with Gasteiger partial charge in [0, 0.05) is 18.8 Å². The zero-order chi connectivity index (χ0) is 20.7. The van der Waals surface area contributed by atoms with Gasteiger partial charge in [0.05, 0.1) is 4.90 Å². The fourth-order valence-electron chi connectivity index (χ4n) is 2.66. The van der Waals surface area contributed by atoms with Gasteiger partial charge in [-0.1, -0.05) is 32.9 Å². The van der Waals surface area contributed by atoms with E-state index in [0.717, 1.165) is 0 Å². The summed E-state index contributed by atoms with van der Waals surface area (Å²) in [6.45, 7) is 6.06. The monoisotopic (exact) mass is 408 g/mol.